The smallest absolute Gasteiger partial charge is 0.267 e. The third-order valence-corrected chi connectivity index (χ3v) is 7.35. The van der Waals surface area contributed by atoms with E-state index < -0.39 is 10.1 Å². The average molecular weight is 482 g/mol. The van der Waals surface area contributed by atoms with E-state index in [1.54, 1.807) is 0 Å². The highest BCUT2D eigenvalue weighted by atomic mass is 32.2. The van der Waals surface area contributed by atoms with E-state index in [4.69, 9.17) is 4.18 Å². The number of hydrogen-bond acceptors (Lipinski definition) is 4. The highest BCUT2D eigenvalue weighted by Gasteiger charge is 2.10. The predicted octanol–water partition coefficient (Wildman–Crippen LogP) is 9.07. The quantitative estimate of drug-likeness (QED) is 0.0986. The topological polar surface area (TPSA) is 78.4 Å². The predicted molar refractivity (Wildman–Crippen MR) is 138 cm³/mol. The zero-order chi connectivity index (χ0) is 22.9. The van der Waals surface area contributed by atoms with Crippen molar-refractivity contribution in [1.82, 2.24) is 6.15 Å². The molecule has 0 aliphatic rings. The van der Waals surface area contributed by atoms with Crippen LogP contribution in [0.3, 0.4) is 0 Å². The van der Waals surface area contributed by atoms with Crippen LogP contribution < -0.4 is 6.15 Å². The van der Waals surface area contributed by atoms with Crippen molar-refractivity contribution in [1.29, 1.82) is 0 Å². The lowest BCUT2D eigenvalue weighted by atomic mass is 10.1. The third-order valence-electron chi connectivity index (χ3n) is 6.04. The molecule has 0 aromatic rings. The molecule has 0 aromatic carbocycles. The number of hydrogen-bond donors (Lipinski definition) is 1. The van der Waals surface area contributed by atoms with Crippen molar-refractivity contribution in [3.63, 3.8) is 0 Å². The largest absolute Gasteiger partial charge is 0.344 e. The van der Waals surface area contributed by atoms with Crippen LogP contribution in [0.4, 0.5) is 4.39 Å². The Bertz CT molecular complexity index is 446. The molecule has 0 spiro atoms. The van der Waals surface area contributed by atoms with Gasteiger partial charge in [0.1, 0.15) is 0 Å². The second-order valence-electron chi connectivity index (χ2n) is 9.20. The maximum atomic E-state index is 12.0. The van der Waals surface area contributed by atoms with Crippen LogP contribution in [0.2, 0.25) is 0 Å². The van der Waals surface area contributed by atoms with Crippen LogP contribution in [0.1, 0.15) is 148 Å². The van der Waals surface area contributed by atoms with Gasteiger partial charge in [-0.1, -0.05) is 129 Å². The van der Waals surface area contributed by atoms with E-state index in [1.807, 2.05) is 0 Å². The van der Waals surface area contributed by atoms with Crippen molar-refractivity contribution in [2.24, 2.45) is 0 Å². The highest BCUT2D eigenvalue weighted by Crippen LogP contribution is 2.13. The summed E-state index contributed by atoms with van der Waals surface area (Å²) < 4.78 is 41.0. The van der Waals surface area contributed by atoms with Crippen molar-refractivity contribution in [3.8, 4) is 0 Å². The minimum Gasteiger partial charge on any atom is -0.344 e. The van der Waals surface area contributed by atoms with E-state index in [2.05, 4.69) is 6.92 Å². The molecule has 4 nitrogen and oxygen atoms in total. The number of rotatable bonds is 26. The highest BCUT2D eigenvalue weighted by molar-refractivity contribution is 7.86. The van der Waals surface area contributed by atoms with Gasteiger partial charge in [0, 0.05) is 0 Å². The van der Waals surface area contributed by atoms with Crippen LogP contribution in [0.5, 0.6) is 0 Å². The molecule has 32 heavy (non-hydrogen) atoms. The third kappa shape index (κ3) is 27.8. The summed E-state index contributed by atoms with van der Waals surface area (Å²) >= 11 is 0. The summed E-state index contributed by atoms with van der Waals surface area (Å²) in [5.74, 6) is 0.161. The van der Waals surface area contributed by atoms with Gasteiger partial charge in [-0.3, -0.25) is 8.57 Å². The Morgan fingerprint density at radius 2 is 0.875 bits per heavy atom. The second-order valence-corrected chi connectivity index (χ2v) is 11.0. The molecule has 0 rings (SSSR count). The fraction of sp³-hybridized carbons (Fsp3) is 1.00. The van der Waals surface area contributed by atoms with Crippen molar-refractivity contribution in [3.05, 3.63) is 0 Å². The molecular weight excluding hydrogens is 425 g/mol. The summed E-state index contributed by atoms with van der Waals surface area (Å²) in [6.07, 6.45) is 25.7. The maximum absolute atomic E-state index is 12.0. The number of unbranched alkanes of at least 4 members (excludes halogenated alkanes) is 20. The Labute approximate surface area is 200 Å². The first kappa shape index (κ1) is 34.0. The van der Waals surface area contributed by atoms with Gasteiger partial charge in [0.05, 0.1) is 19.0 Å². The first-order chi connectivity index (χ1) is 15.1. The zero-order valence-corrected chi connectivity index (χ0v) is 22.2. The van der Waals surface area contributed by atoms with Gasteiger partial charge in [-0.15, -0.1) is 0 Å². The fourth-order valence-corrected chi connectivity index (χ4v) is 5.02. The lowest BCUT2D eigenvalue weighted by Crippen LogP contribution is -2.11. The second kappa shape index (κ2) is 27.0. The number of halogens is 1. The monoisotopic (exact) mass is 481 g/mol. The summed E-state index contributed by atoms with van der Waals surface area (Å²) in [4.78, 5) is 0. The Balaban J connectivity index is 0. The molecule has 0 unspecified atom stereocenters. The maximum Gasteiger partial charge on any atom is 0.267 e. The molecule has 196 valence electrons. The van der Waals surface area contributed by atoms with Crippen LogP contribution in [0, 0.1) is 0 Å². The molecule has 0 radical (unpaired) electrons. The molecule has 0 bridgehead atoms. The van der Waals surface area contributed by atoms with E-state index in [9.17, 15) is 12.8 Å². The number of alkyl halides is 1. The Hall–Kier alpha value is -0.200. The summed E-state index contributed by atoms with van der Waals surface area (Å²) in [6, 6.07) is 0. The van der Waals surface area contributed by atoms with Gasteiger partial charge >= 0.3 is 0 Å². The lowest BCUT2D eigenvalue weighted by Gasteiger charge is -2.06. The lowest BCUT2D eigenvalue weighted by molar-refractivity contribution is 0.305. The summed E-state index contributed by atoms with van der Waals surface area (Å²) in [7, 11) is -3.34. The van der Waals surface area contributed by atoms with Gasteiger partial charge in [-0.2, -0.15) is 8.42 Å². The van der Waals surface area contributed by atoms with Crippen LogP contribution >= 0.6 is 0 Å². The molecule has 0 saturated heterocycles. The molecule has 0 atom stereocenters. The van der Waals surface area contributed by atoms with E-state index in [-0.39, 0.29) is 18.6 Å². The van der Waals surface area contributed by atoms with E-state index in [0.29, 0.717) is 19.4 Å². The Kier molecular flexibility index (Phi) is 28.7. The Morgan fingerprint density at radius 1 is 0.531 bits per heavy atom. The van der Waals surface area contributed by atoms with Crippen LogP contribution in [0.25, 0.3) is 0 Å². The SMILES string of the molecule is CCCCCCCCCCCCCCOS(=O)(=O)CCCCCCCCCCCCF.N. The first-order valence-corrected chi connectivity index (χ1v) is 15.1. The van der Waals surface area contributed by atoms with Gasteiger partial charge in [0.2, 0.25) is 0 Å². The molecule has 0 aliphatic heterocycles. The molecule has 0 aliphatic carbocycles. The van der Waals surface area contributed by atoms with Crippen LogP contribution in [-0.2, 0) is 14.3 Å². The summed E-state index contributed by atoms with van der Waals surface area (Å²) in [6.45, 7) is 2.42. The minimum absolute atomic E-state index is 0. The molecule has 0 saturated carbocycles. The van der Waals surface area contributed by atoms with Gasteiger partial charge in [0.15, 0.2) is 0 Å². The molecule has 3 N–H and O–H groups in total. The van der Waals surface area contributed by atoms with Crippen LogP contribution in [-0.4, -0.2) is 27.5 Å². The van der Waals surface area contributed by atoms with E-state index >= 15 is 0 Å². The zero-order valence-electron chi connectivity index (χ0n) is 21.4. The van der Waals surface area contributed by atoms with Crippen molar-refractivity contribution < 1.29 is 17.0 Å². The van der Waals surface area contributed by atoms with Crippen molar-refractivity contribution >= 4 is 10.1 Å². The van der Waals surface area contributed by atoms with Crippen LogP contribution in [0.15, 0.2) is 0 Å². The molecule has 0 fully saturated rings. The van der Waals surface area contributed by atoms with E-state index in [0.717, 1.165) is 38.5 Å². The molecular formula is C26H56FNO3S. The minimum atomic E-state index is -3.34. The summed E-state index contributed by atoms with van der Waals surface area (Å²) in [5, 5.41) is 0. The van der Waals surface area contributed by atoms with Crippen molar-refractivity contribution in [2.45, 2.75) is 148 Å². The van der Waals surface area contributed by atoms with Gasteiger partial charge < -0.3 is 6.15 Å². The van der Waals surface area contributed by atoms with Gasteiger partial charge in [-0.05, 0) is 19.3 Å². The normalized spacial score (nSPS) is 11.6. The average Bonchev–Trinajstić information content (AvgIpc) is 2.75. The molecule has 0 amide bonds. The Morgan fingerprint density at radius 3 is 1.28 bits per heavy atom. The van der Waals surface area contributed by atoms with E-state index in [1.165, 1.54) is 89.9 Å². The van der Waals surface area contributed by atoms with Crippen molar-refractivity contribution in [2.75, 3.05) is 19.0 Å². The molecule has 0 heterocycles. The molecule has 0 aromatic heterocycles. The fourth-order valence-electron chi connectivity index (χ4n) is 3.98. The summed E-state index contributed by atoms with van der Waals surface area (Å²) in [5.41, 5.74) is 0. The standard InChI is InChI=1S/C26H53FO3S.H3N/c1-2-3-4-5-6-7-8-10-13-16-19-22-25-30-31(28,29)26-23-20-17-14-11-9-12-15-18-21-24-27;/h2-26H2,1H3;1H3. The first-order valence-electron chi connectivity index (χ1n) is 13.6. The van der Waals surface area contributed by atoms with Gasteiger partial charge in [0.25, 0.3) is 10.1 Å². The molecule has 6 heteroatoms. The van der Waals surface area contributed by atoms with Gasteiger partial charge in [-0.25, -0.2) is 0 Å².